The van der Waals surface area contributed by atoms with Gasteiger partial charge in [0.2, 0.25) is 0 Å². The highest BCUT2D eigenvalue weighted by Gasteiger charge is 2.19. The fourth-order valence-electron chi connectivity index (χ4n) is 2.83. The summed E-state index contributed by atoms with van der Waals surface area (Å²) in [6.07, 6.45) is 6.76. The highest BCUT2D eigenvalue weighted by molar-refractivity contribution is 4.75. The van der Waals surface area contributed by atoms with Crippen LogP contribution in [0.4, 0.5) is 0 Å². The first kappa shape index (κ1) is 12.3. The van der Waals surface area contributed by atoms with Crippen molar-refractivity contribution in [2.45, 2.75) is 38.1 Å². The van der Waals surface area contributed by atoms with E-state index in [-0.39, 0.29) is 0 Å². The fraction of sp³-hybridized carbons (Fsp3) is 1.00. The summed E-state index contributed by atoms with van der Waals surface area (Å²) in [5.41, 5.74) is 0. The van der Waals surface area contributed by atoms with E-state index in [0.29, 0.717) is 0 Å². The Morgan fingerprint density at radius 1 is 1.31 bits per heavy atom. The van der Waals surface area contributed by atoms with Crippen LogP contribution in [0.2, 0.25) is 0 Å². The molecule has 2 atom stereocenters. The minimum Gasteiger partial charge on any atom is -0.381 e. The van der Waals surface area contributed by atoms with Crippen molar-refractivity contribution in [1.82, 2.24) is 10.2 Å². The van der Waals surface area contributed by atoms with Crippen LogP contribution in [0.5, 0.6) is 0 Å². The quantitative estimate of drug-likeness (QED) is 0.719. The Kier molecular flexibility index (Phi) is 5.07. The summed E-state index contributed by atoms with van der Waals surface area (Å²) in [5.74, 6) is 0.768. The zero-order valence-corrected chi connectivity index (χ0v) is 10.6. The fourth-order valence-corrected chi connectivity index (χ4v) is 2.83. The van der Waals surface area contributed by atoms with Crippen LogP contribution in [0.25, 0.3) is 0 Å². The van der Waals surface area contributed by atoms with Crippen molar-refractivity contribution in [3.05, 3.63) is 0 Å². The highest BCUT2D eigenvalue weighted by Crippen LogP contribution is 2.17. The van der Waals surface area contributed by atoms with E-state index in [1.54, 1.807) is 0 Å². The molecule has 1 N–H and O–H groups in total. The van der Waals surface area contributed by atoms with Gasteiger partial charge >= 0.3 is 0 Å². The number of hydrogen-bond donors (Lipinski definition) is 1. The summed E-state index contributed by atoms with van der Waals surface area (Å²) in [6.45, 7) is 5.55. The summed E-state index contributed by atoms with van der Waals surface area (Å²) in [6, 6.07) is 0.820. The van der Waals surface area contributed by atoms with Crippen molar-refractivity contribution in [1.29, 1.82) is 0 Å². The molecule has 2 unspecified atom stereocenters. The van der Waals surface area contributed by atoms with Crippen molar-refractivity contribution in [3.63, 3.8) is 0 Å². The third-order valence-electron chi connectivity index (χ3n) is 4.03. The second kappa shape index (κ2) is 6.58. The number of hydrogen-bond acceptors (Lipinski definition) is 3. The molecule has 2 aliphatic rings. The standard InChI is InChI=1S/C13H26N2O/c1-15-8-3-2-4-13(15)5-7-14-10-12-6-9-16-11-12/h12-14H,2-11H2,1H3. The highest BCUT2D eigenvalue weighted by atomic mass is 16.5. The molecular weight excluding hydrogens is 200 g/mol. The Hall–Kier alpha value is -0.120. The number of likely N-dealkylation sites (tertiary alicyclic amines) is 1. The van der Waals surface area contributed by atoms with Crippen molar-refractivity contribution < 1.29 is 4.74 Å². The van der Waals surface area contributed by atoms with Crippen LogP contribution in [0.3, 0.4) is 0 Å². The van der Waals surface area contributed by atoms with E-state index in [0.717, 1.165) is 31.7 Å². The maximum Gasteiger partial charge on any atom is 0.0507 e. The van der Waals surface area contributed by atoms with Gasteiger partial charge < -0.3 is 15.0 Å². The smallest absolute Gasteiger partial charge is 0.0507 e. The summed E-state index contributed by atoms with van der Waals surface area (Å²) in [5, 5.41) is 3.59. The van der Waals surface area contributed by atoms with Gasteiger partial charge in [-0.05, 0) is 51.7 Å². The first-order valence-corrected chi connectivity index (χ1v) is 6.85. The summed E-state index contributed by atoms with van der Waals surface area (Å²) < 4.78 is 5.37. The molecule has 2 rings (SSSR count). The average molecular weight is 226 g/mol. The Morgan fingerprint density at radius 3 is 3.00 bits per heavy atom. The van der Waals surface area contributed by atoms with Crippen LogP contribution < -0.4 is 5.32 Å². The molecule has 0 aromatic rings. The predicted octanol–water partition coefficient (Wildman–Crippen LogP) is 1.49. The summed E-state index contributed by atoms with van der Waals surface area (Å²) in [4.78, 5) is 2.53. The van der Waals surface area contributed by atoms with Crippen LogP contribution in [-0.4, -0.2) is 50.8 Å². The van der Waals surface area contributed by atoms with Gasteiger partial charge in [-0.1, -0.05) is 6.42 Å². The topological polar surface area (TPSA) is 24.5 Å². The van der Waals surface area contributed by atoms with Crippen molar-refractivity contribution in [2.24, 2.45) is 5.92 Å². The molecule has 0 bridgehead atoms. The van der Waals surface area contributed by atoms with Crippen molar-refractivity contribution in [3.8, 4) is 0 Å². The molecule has 2 aliphatic heterocycles. The molecule has 3 nitrogen and oxygen atoms in total. The lowest BCUT2D eigenvalue weighted by Gasteiger charge is -2.32. The van der Waals surface area contributed by atoms with Gasteiger partial charge in [-0.3, -0.25) is 0 Å². The molecule has 0 spiro atoms. The van der Waals surface area contributed by atoms with Crippen molar-refractivity contribution >= 4 is 0 Å². The predicted molar refractivity (Wildman–Crippen MR) is 66.7 cm³/mol. The van der Waals surface area contributed by atoms with E-state index in [4.69, 9.17) is 4.74 Å². The van der Waals surface area contributed by atoms with Crippen LogP contribution in [0, 0.1) is 5.92 Å². The van der Waals surface area contributed by atoms with Gasteiger partial charge in [0.05, 0.1) is 6.61 Å². The minimum absolute atomic E-state index is 0.768. The number of nitrogens with zero attached hydrogens (tertiary/aromatic N) is 1. The number of piperidine rings is 1. The van der Waals surface area contributed by atoms with Crippen LogP contribution in [-0.2, 0) is 4.74 Å². The van der Waals surface area contributed by atoms with Gasteiger partial charge in [-0.25, -0.2) is 0 Å². The Morgan fingerprint density at radius 2 is 2.25 bits per heavy atom. The largest absolute Gasteiger partial charge is 0.381 e. The third kappa shape index (κ3) is 3.72. The molecule has 0 aromatic heterocycles. The Balaban J connectivity index is 1.53. The Bertz CT molecular complexity index is 192. The second-order valence-corrected chi connectivity index (χ2v) is 5.35. The maximum atomic E-state index is 5.37. The van der Waals surface area contributed by atoms with Gasteiger partial charge in [0, 0.05) is 19.2 Å². The molecule has 0 amide bonds. The average Bonchev–Trinajstić information content (AvgIpc) is 2.79. The van der Waals surface area contributed by atoms with E-state index in [2.05, 4.69) is 17.3 Å². The number of nitrogens with one attached hydrogen (secondary N) is 1. The minimum atomic E-state index is 0.768. The Labute approximate surface area is 99.5 Å². The second-order valence-electron chi connectivity index (χ2n) is 5.35. The van der Waals surface area contributed by atoms with E-state index in [9.17, 15) is 0 Å². The molecule has 0 radical (unpaired) electrons. The first-order valence-electron chi connectivity index (χ1n) is 6.85. The lowest BCUT2D eigenvalue weighted by molar-refractivity contribution is 0.173. The van der Waals surface area contributed by atoms with E-state index in [1.807, 2.05) is 0 Å². The van der Waals surface area contributed by atoms with Gasteiger partial charge in [-0.15, -0.1) is 0 Å². The normalized spacial score (nSPS) is 32.1. The molecule has 16 heavy (non-hydrogen) atoms. The molecular formula is C13H26N2O. The molecule has 2 heterocycles. The van der Waals surface area contributed by atoms with Crippen LogP contribution >= 0.6 is 0 Å². The lowest BCUT2D eigenvalue weighted by Crippen LogP contribution is -2.38. The third-order valence-corrected chi connectivity index (χ3v) is 4.03. The number of rotatable bonds is 5. The zero-order valence-electron chi connectivity index (χ0n) is 10.6. The molecule has 0 aliphatic carbocycles. The molecule has 2 fully saturated rings. The van der Waals surface area contributed by atoms with Crippen LogP contribution in [0.1, 0.15) is 32.1 Å². The molecule has 2 saturated heterocycles. The number of ether oxygens (including phenoxy) is 1. The molecule has 94 valence electrons. The van der Waals surface area contributed by atoms with Gasteiger partial charge in [0.25, 0.3) is 0 Å². The van der Waals surface area contributed by atoms with E-state index < -0.39 is 0 Å². The monoisotopic (exact) mass is 226 g/mol. The lowest BCUT2D eigenvalue weighted by atomic mass is 10.00. The maximum absolute atomic E-state index is 5.37. The molecule has 0 saturated carbocycles. The zero-order chi connectivity index (χ0) is 11.2. The van der Waals surface area contributed by atoms with Gasteiger partial charge in [0.1, 0.15) is 0 Å². The van der Waals surface area contributed by atoms with Gasteiger partial charge in [-0.2, -0.15) is 0 Å². The molecule has 3 heteroatoms. The molecule has 0 aromatic carbocycles. The first-order chi connectivity index (χ1) is 7.86. The van der Waals surface area contributed by atoms with E-state index >= 15 is 0 Å². The summed E-state index contributed by atoms with van der Waals surface area (Å²) >= 11 is 0. The van der Waals surface area contributed by atoms with Gasteiger partial charge in [0.15, 0.2) is 0 Å². The van der Waals surface area contributed by atoms with E-state index in [1.165, 1.54) is 45.2 Å². The van der Waals surface area contributed by atoms with Crippen molar-refractivity contribution in [2.75, 3.05) is 39.9 Å². The van der Waals surface area contributed by atoms with Crippen LogP contribution in [0.15, 0.2) is 0 Å². The SMILES string of the molecule is CN1CCCCC1CCNCC1CCOC1. The summed E-state index contributed by atoms with van der Waals surface area (Å²) in [7, 11) is 2.27.